The molecule has 6 heteroatoms. The van der Waals surface area contributed by atoms with Crippen LogP contribution in [0.25, 0.3) is 0 Å². The van der Waals surface area contributed by atoms with Gasteiger partial charge in [-0.3, -0.25) is 9.69 Å². The third-order valence-electron chi connectivity index (χ3n) is 3.63. The van der Waals surface area contributed by atoms with Crippen LogP contribution >= 0.6 is 11.8 Å². The third kappa shape index (κ3) is 4.83. The van der Waals surface area contributed by atoms with E-state index in [1.54, 1.807) is 11.8 Å². The summed E-state index contributed by atoms with van der Waals surface area (Å²) in [5, 5.41) is -0.400. The Kier molecular flexibility index (Phi) is 5.84. The Hall–Kier alpha value is -0.850. The maximum atomic E-state index is 12.0. The molecule has 1 aromatic rings. The molecular formula is C15H21NO3S2. The summed E-state index contributed by atoms with van der Waals surface area (Å²) in [5.74, 6) is 1.71. The molecule has 21 heavy (non-hydrogen) atoms. The van der Waals surface area contributed by atoms with E-state index in [4.69, 9.17) is 0 Å². The van der Waals surface area contributed by atoms with Crippen molar-refractivity contribution in [3.63, 3.8) is 0 Å². The summed E-state index contributed by atoms with van der Waals surface area (Å²) in [6, 6.07) is 9.24. The number of benzene rings is 1. The summed E-state index contributed by atoms with van der Waals surface area (Å²) >= 11 is 1.68. The van der Waals surface area contributed by atoms with Crippen molar-refractivity contribution in [2.75, 3.05) is 30.9 Å². The lowest BCUT2D eigenvalue weighted by Crippen LogP contribution is -2.47. The van der Waals surface area contributed by atoms with Gasteiger partial charge in [0.2, 0.25) is 0 Å². The predicted molar refractivity (Wildman–Crippen MR) is 87.5 cm³/mol. The van der Waals surface area contributed by atoms with Crippen molar-refractivity contribution in [1.29, 1.82) is 0 Å². The molecule has 0 spiro atoms. The van der Waals surface area contributed by atoms with Crippen LogP contribution in [0.4, 0.5) is 0 Å². The molecule has 0 aromatic heterocycles. The van der Waals surface area contributed by atoms with E-state index < -0.39 is 15.2 Å². The van der Waals surface area contributed by atoms with Gasteiger partial charge in [-0.25, -0.2) is 8.42 Å². The molecule has 0 N–H and O–H groups in total. The molecule has 1 unspecified atom stereocenters. The van der Waals surface area contributed by atoms with Crippen molar-refractivity contribution in [3.8, 4) is 0 Å². The molecule has 4 nitrogen and oxygen atoms in total. The Morgan fingerprint density at radius 2 is 2.05 bits per heavy atom. The molecule has 0 aliphatic carbocycles. The van der Waals surface area contributed by atoms with Crippen molar-refractivity contribution in [1.82, 2.24) is 4.90 Å². The second-order valence-electron chi connectivity index (χ2n) is 5.29. The smallest absolute Gasteiger partial charge is 0.164 e. The van der Waals surface area contributed by atoms with E-state index in [-0.39, 0.29) is 5.78 Å². The largest absolute Gasteiger partial charge is 0.294 e. The second kappa shape index (κ2) is 7.42. The van der Waals surface area contributed by atoms with E-state index in [9.17, 15) is 13.2 Å². The highest BCUT2D eigenvalue weighted by molar-refractivity contribution is 8.00. The average Bonchev–Trinajstić information content (AvgIpc) is 2.47. The molecule has 0 radical (unpaired) electrons. The van der Waals surface area contributed by atoms with Crippen LogP contribution in [0, 0.1) is 0 Å². The minimum atomic E-state index is -3.06. The molecule has 0 saturated carbocycles. The number of ketones is 1. The van der Waals surface area contributed by atoms with Crippen LogP contribution in [0.5, 0.6) is 0 Å². The van der Waals surface area contributed by atoms with Gasteiger partial charge in [0.1, 0.15) is 5.37 Å². The zero-order valence-electron chi connectivity index (χ0n) is 12.2. The van der Waals surface area contributed by atoms with Crippen LogP contribution in [0.3, 0.4) is 0 Å². The molecule has 1 saturated heterocycles. The van der Waals surface area contributed by atoms with Crippen LogP contribution in [0.2, 0.25) is 0 Å². The molecule has 1 aliphatic rings. The van der Waals surface area contributed by atoms with Gasteiger partial charge < -0.3 is 0 Å². The minimum absolute atomic E-state index is 0.123. The van der Waals surface area contributed by atoms with E-state index >= 15 is 0 Å². The second-order valence-corrected chi connectivity index (χ2v) is 8.64. The van der Waals surface area contributed by atoms with E-state index in [0.29, 0.717) is 25.1 Å². The van der Waals surface area contributed by atoms with Gasteiger partial charge in [-0.2, -0.15) is 11.8 Å². The Morgan fingerprint density at radius 1 is 1.33 bits per heavy atom. The number of thioether (sulfide) groups is 1. The topological polar surface area (TPSA) is 54.5 Å². The first-order valence-corrected chi connectivity index (χ1v) is 10.2. The fraction of sp³-hybridized carbons (Fsp3) is 0.533. The number of carbonyl (C=O) groups is 1. The van der Waals surface area contributed by atoms with Crippen molar-refractivity contribution in [2.45, 2.75) is 18.2 Å². The highest BCUT2D eigenvalue weighted by atomic mass is 32.2. The van der Waals surface area contributed by atoms with Crippen molar-refractivity contribution < 1.29 is 13.2 Å². The van der Waals surface area contributed by atoms with E-state index in [0.717, 1.165) is 17.9 Å². The van der Waals surface area contributed by atoms with E-state index in [2.05, 4.69) is 0 Å². The molecule has 1 atom stereocenters. The molecule has 0 bridgehead atoms. The molecule has 1 aromatic carbocycles. The molecule has 1 heterocycles. The van der Waals surface area contributed by atoms with Gasteiger partial charge in [0, 0.05) is 36.3 Å². The van der Waals surface area contributed by atoms with Gasteiger partial charge in [0.05, 0.1) is 0 Å². The fourth-order valence-corrected chi connectivity index (χ4v) is 5.45. The molecular weight excluding hydrogens is 306 g/mol. The summed E-state index contributed by atoms with van der Waals surface area (Å²) < 4.78 is 23.6. The van der Waals surface area contributed by atoms with Crippen molar-refractivity contribution in [3.05, 3.63) is 35.9 Å². The Labute approximate surface area is 130 Å². The lowest BCUT2D eigenvalue weighted by molar-refractivity contribution is 0.0974. The number of hydrogen-bond acceptors (Lipinski definition) is 5. The Balaban J connectivity index is 1.86. The minimum Gasteiger partial charge on any atom is -0.294 e. The molecule has 0 amide bonds. The van der Waals surface area contributed by atoms with Gasteiger partial charge in [-0.1, -0.05) is 30.3 Å². The third-order valence-corrected chi connectivity index (χ3v) is 6.32. The highest BCUT2D eigenvalue weighted by Crippen LogP contribution is 2.20. The van der Waals surface area contributed by atoms with Crippen LogP contribution in [-0.4, -0.2) is 55.3 Å². The Morgan fingerprint density at radius 3 is 2.71 bits per heavy atom. The Bertz CT molecular complexity index is 572. The monoisotopic (exact) mass is 327 g/mol. The normalized spacial score (nSPS) is 20.3. The first kappa shape index (κ1) is 16.5. The summed E-state index contributed by atoms with van der Waals surface area (Å²) in [6.45, 7) is 1.44. The van der Waals surface area contributed by atoms with Crippen LogP contribution in [0.15, 0.2) is 30.3 Å². The number of carbonyl (C=O) groups excluding carboxylic acids is 1. The molecule has 1 aliphatic heterocycles. The summed E-state index contributed by atoms with van der Waals surface area (Å²) in [4.78, 5) is 14.0. The average molecular weight is 327 g/mol. The standard InChI is InChI=1S/C15H21NO3S2/c1-21(18,19)15-12-20-11-10-16(15)9-5-8-14(17)13-6-3-2-4-7-13/h2-4,6-7,15H,5,8-12H2,1H3. The van der Waals surface area contributed by atoms with Crippen LogP contribution in [0.1, 0.15) is 23.2 Å². The van der Waals surface area contributed by atoms with Crippen LogP contribution < -0.4 is 0 Å². The zero-order valence-corrected chi connectivity index (χ0v) is 13.8. The number of rotatable bonds is 6. The number of sulfone groups is 1. The van der Waals surface area contributed by atoms with Gasteiger partial charge in [0.25, 0.3) is 0 Å². The summed E-state index contributed by atoms with van der Waals surface area (Å²) in [7, 11) is -3.06. The first-order valence-electron chi connectivity index (χ1n) is 7.07. The zero-order chi connectivity index (χ0) is 15.3. The maximum absolute atomic E-state index is 12.0. The van der Waals surface area contributed by atoms with Gasteiger partial charge in [-0.05, 0) is 13.0 Å². The SMILES string of the molecule is CS(=O)(=O)C1CSCCN1CCCC(=O)c1ccccc1. The predicted octanol–water partition coefficient (Wildman–Crippen LogP) is 2.07. The lowest BCUT2D eigenvalue weighted by atomic mass is 10.1. The quantitative estimate of drug-likeness (QED) is 0.749. The lowest BCUT2D eigenvalue weighted by Gasteiger charge is -2.33. The maximum Gasteiger partial charge on any atom is 0.164 e. The molecule has 2 rings (SSSR count). The number of nitrogens with zero attached hydrogens (tertiary/aromatic N) is 1. The highest BCUT2D eigenvalue weighted by Gasteiger charge is 2.30. The van der Waals surface area contributed by atoms with E-state index in [1.807, 2.05) is 35.2 Å². The summed E-state index contributed by atoms with van der Waals surface area (Å²) in [6.07, 6.45) is 2.46. The van der Waals surface area contributed by atoms with Crippen molar-refractivity contribution >= 4 is 27.4 Å². The van der Waals surface area contributed by atoms with Gasteiger partial charge in [-0.15, -0.1) is 0 Å². The van der Waals surface area contributed by atoms with E-state index in [1.165, 1.54) is 6.26 Å². The fourth-order valence-electron chi connectivity index (χ4n) is 2.48. The van der Waals surface area contributed by atoms with Crippen molar-refractivity contribution in [2.24, 2.45) is 0 Å². The number of Topliss-reactive ketones (excluding diaryl/α,β-unsaturated/α-hetero) is 1. The van der Waals surface area contributed by atoms with Gasteiger partial charge in [0.15, 0.2) is 15.6 Å². The molecule has 116 valence electrons. The van der Waals surface area contributed by atoms with Gasteiger partial charge >= 0.3 is 0 Å². The summed E-state index contributed by atoms with van der Waals surface area (Å²) in [5.41, 5.74) is 0.728. The number of hydrogen-bond donors (Lipinski definition) is 0. The van der Waals surface area contributed by atoms with Crippen LogP contribution in [-0.2, 0) is 9.84 Å². The first-order chi connectivity index (χ1) is 9.98. The molecule has 1 fully saturated rings.